The van der Waals surface area contributed by atoms with Crippen LogP contribution in [0.4, 0.5) is 0 Å². The predicted octanol–water partition coefficient (Wildman–Crippen LogP) is 1.92. The summed E-state index contributed by atoms with van der Waals surface area (Å²) < 4.78 is 5.59. The van der Waals surface area contributed by atoms with E-state index in [4.69, 9.17) is 16.3 Å². The molecule has 13 heavy (non-hydrogen) atoms. The molecule has 2 heterocycles. The minimum absolute atomic E-state index is 0.111. The van der Waals surface area contributed by atoms with Crippen molar-refractivity contribution in [2.45, 2.75) is 12.0 Å². The van der Waals surface area contributed by atoms with Crippen molar-refractivity contribution in [1.82, 2.24) is 5.32 Å². The van der Waals surface area contributed by atoms with Gasteiger partial charge < -0.3 is 10.1 Å². The number of halogens is 1. The number of fused-ring (bicyclic) bond motifs is 2. The van der Waals surface area contributed by atoms with Gasteiger partial charge in [-0.2, -0.15) is 0 Å². The molecule has 0 unspecified atom stereocenters. The highest BCUT2D eigenvalue weighted by Crippen LogP contribution is 2.43. The predicted molar refractivity (Wildman–Crippen MR) is 51.2 cm³/mol. The van der Waals surface area contributed by atoms with Crippen molar-refractivity contribution in [1.29, 1.82) is 0 Å². The molecule has 68 valence electrons. The Hall–Kier alpha value is -0.730. The number of ether oxygens (including phenoxy) is 1. The van der Waals surface area contributed by atoms with Crippen LogP contribution in [0.1, 0.15) is 12.0 Å². The van der Waals surface area contributed by atoms with Gasteiger partial charge in [0.1, 0.15) is 12.4 Å². The van der Waals surface area contributed by atoms with Gasteiger partial charge >= 0.3 is 0 Å². The van der Waals surface area contributed by atoms with Crippen LogP contribution < -0.4 is 10.1 Å². The maximum Gasteiger partial charge on any atom is 0.126 e. The first kappa shape index (κ1) is 7.65. The molecule has 0 aromatic heterocycles. The van der Waals surface area contributed by atoms with Gasteiger partial charge in [-0.1, -0.05) is 17.7 Å². The summed E-state index contributed by atoms with van der Waals surface area (Å²) in [5.74, 6) is 0.944. The third-order valence-corrected chi connectivity index (χ3v) is 3.18. The first-order valence-corrected chi connectivity index (χ1v) is 4.86. The summed E-state index contributed by atoms with van der Waals surface area (Å²) in [6.45, 7) is 1.84. The smallest absolute Gasteiger partial charge is 0.126 e. The second-order valence-electron chi connectivity index (χ2n) is 3.69. The molecule has 1 fully saturated rings. The normalized spacial score (nSPS) is 29.6. The molecule has 1 atom stereocenters. The minimum atomic E-state index is 0.111. The van der Waals surface area contributed by atoms with Crippen LogP contribution in [0.3, 0.4) is 0 Å². The highest BCUT2D eigenvalue weighted by Gasteiger charge is 2.45. The van der Waals surface area contributed by atoms with Crippen LogP contribution in [0.15, 0.2) is 18.2 Å². The lowest BCUT2D eigenvalue weighted by Crippen LogP contribution is -2.55. The summed E-state index contributed by atoms with van der Waals surface area (Å²) in [5.41, 5.74) is 1.38. The van der Waals surface area contributed by atoms with E-state index < -0.39 is 0 Å². The summed E-state index contributed by atoms with van der Waals surface area (Å²) in [5, 5.41) is 4.17. The van der Waals surface area contributed by atoms with E-state index in [9.17, 15) is 0 Å². The molecular formula is C10H10ClNO. The maximum absolute atomic E-state index is 5.88. The maximum atomic E-state index is 5.88. The van der Waals surface area contributed by atoms with E-state index in [1.807, 2.05) is 12.1 Å². The molecule has 1 N–H and O–H groups in total. The lowest BCUT2D eigenvalue weighted by atomic mass is 9.83. The van der Waals surface area contributed by atoms with E-state index >= 15 is 0 Å². The van der Waals surface area contributed by atoms with Crippen molar-refractivity contribution in [3.8, 4) is 5.75 Å². The lowest BCUT2D eigenvalue weighted by molar-refractivity contribution is 0.154. The first-order chi connectivity index (χ1) is 6.30. The second kappa shape index (κ2) is 2.40. The van der Waals surface area contributed by atoms with Crippen molar-refractivity contribution in [3.63, 3.8) is 0 Å². The second-order valence-corrected chi connectivity index (χ2v) is 4.12. The van der Waals surface area contributed by atoms with Crippen molar-refractivity contribution < 1.29 is 4.74 Å². The molecule has 1 saturated heterocycles. The molecule has 3 rings (SSSR count). The Balaban J connectivity index is 2.11. The van der Waals surface area contributed by atoms with E-state index in [1.54, 1.807) is 0 Å². The van der Waals surface area contributed by atoms with Crippen molar-refractivity contribution >= 4 is 11.6 Å². The zero-order chi connectivity index (χ0) is 8.89. The largest absolute Gasteiger partial charge is 0.491 e. The summed E-state index contributed by atoms with van der Waals surface area (Å²) >= 11 is 5.88. The van der Waals surface area contributed by atoms with Crippen LogP contribution >= 0.6 is 11.6 Å². The average molecular weight is 196 g/mol. The molecule has 0 saturated carbocycles. The Bertz CT molecular complexity index is 360. The summed E-state index contributed by atoms with van der Waals surface area (Å²) in [6, 6.07) is 5.89. The third kappa shape index (κ3) is 0.930. The Morgan fingerprint density at radius 2 is 2.31 bits per heavy atom. The molecule has 2 aliphatic heterocycles. The highest BCUT2D eigenvalue weighted by atomic mass is 35.5. The Kier molecular flexibility index (Phi) is 1.41. The van der Waals surface area contributed by atoms with Gasteiger partial charge in [0.25, 0.3) is 0 Å². The van der Waals surface area contributed by atoms with Crippen LogP contribution in [-0.4, -0.2) is 13.2 Å². The minimum Gasteiger partial charge on any atom is -0.491 e. The molecular weight excluding hydrogens is 186 g/mol. The molecule has 0 radical (unpaired) electrons. The molecule has 1 spiro atoms. The summed E-state index contributed by atoms with van der Waals surface area (Å²) in [4.78, 5) is 0. The molecule has 2 aliphatic rings. The Morgan fingerprint density at radius 3 is 3.00 bits per heavy atom. The van der Waals surface area contributed by atoms with E-state index in [1.165, 1.54) is 12.0 Å². The van der Waals surface area contributed by atoms with Gasteiger partial charge in [-0.25, -0.2) is 0 Å². The van der Waals surface area contributed by atoms with Crippen LogP contribution in [0.25, 0.3) is 0 Å². The SMILES string of the molecule is Clc1ccc2c(c1)OC[C@]21CCN1. The van der Waals surface area contributed by atoms with Gasteiger partial charge in [0.2, 0.25) is 0 Å². The van der Waals surface area contributed by atoms with Gasteiger partial charge in [0.05, 0.1) is 5.54 Å². The van der Waals surface area contributed by atoms with Gasteiger partial charge in [0.15, 0.2) is 0 Å². The monoisotopic (exact) mass is 195 g/mol. The van der Waals surface area contributed by atoms with Crippen LogP contribution in [0, 0.1) is 0 Å². The fourth-order valence-corrected chi connectivity index (χ4v) is 2.23. The van der Waals surface area contributed by atoms with E-state index in [0.29, 0.717) is 0 Å². The van der Waals surface area contributed by atoms with E-state index in [2.05, 4.69) is 11.4 Å². The Morgan fingerprint density at radius 1 is 1.46 bits per heavy atom. The first-order valence-electron chi connectivity index (χ1n) is 4.48. The van der Waals surface area contributed by atoms with E-state index in [-0.39, 0.29) is 5.54 Å². The number of benzene rings is 1. The number of nitrogens with one attached hydrogen (secondary N) is 1. The molecule has 1 aromatic rings. The van der Waals surface area contributed by atoms with Crippen LogP contribution in [-0.2, 0) is 5.54 Å². The quantitative estimate of drug-likeness (QED) is 0.683. The number of hydrogen-bond donors (Lipinski definition) is 1. The van der Waals surface area contributed by atoms with Crippen molar-refractivity contribution in [2.24, 2.45) is 0 Å². The molecule has 0 aliphatic carbocycles. The van der Waals surface area contributed by atoms with E-state index in [0.717, 1.165) is 23.9 Å². The highest BCUT2D eigenvalue weighted by molar-refractivity contribution is 6.30. The van der Waals surface area contributed by atoms with Gasteiger partial charge in [-0.15, -0.1) is 0 Å². The van der Waals surface area contributed by atoms with Crippen molar-refractivity contribution in [3.05, 3.63) is 28.8 Å². The standard InChI is InChI=1S/C10H10ClNO/c11-7-1-2-8-9(5-7)13-6-10(8)3-4-12-10/h1-2,5,12H,3-4,6H2/t10-/m1/s1. The van der Waals surface area contributed by atoms with Crippen LogP contribution in [0.5, 0.6) is 5.75 Å². The Labute approximate surface area is 81.8 Å². The third-order valence-electron chi connectivity index (χ3n) is 2.95. The zero-order valence-corrected chi connectivity index (χ0v) is 7.90. The van der Waals surface area contributed by atoms with Crippen molar-refractivity contribution in [2.75, 3.05) is 13.2 Å². The molecule has 0 bridgehead atoms. The zero-order valence-electron chi connectivity index (χ0n) is 7.14. The average Bonchev–Trinajstić information content (AvgIpc) is 2.41. The topological polar surface area (TPSA) is 21.3 Å². The fraction of sp³-hybridized carbons (Fsp3) is 0.400. The van der Waals surface area contributed by atoms with Gasteiger partial charge in [0, 0.05) is 10.6 Å². The lowest BCUT2D eigenvalue weighted by Gasteiger charge is -2.38. The van der Waals surface area contributed by atoms with Gasteiger partial charge in [-0.3, -0.25) is 0 Å². The summed E-state index contributed by atoms with van der Waals surface area (Å²) in [7, 11) is 0. The molecule has 2 nitrogen and oxygen atoms in total. The summed E-state index contributed by atoms with van der Waals surface area (Å²) in [6.07, 6.45) is 1.17. The van der Waals surface area contributed by atoms with Gasteiger partial charge in [-0.05, 0) is 25.1 Å². The molecule has 1 aromatic carbocycles. The molecule has 3 heteroatoms. The van der Waals surface area contributed by atoms with Crippen LogP contribution in [0.2, 0.25) is 5.02 Å². The number of hydrogen-bond acceptors (Lipinski definition) is 2. The molecule has 0 amide bonds. The fourth-order valence-electron chi connectivity index (χ4n) is 2.07. The number of rotatable bonds is 0.